The lowest BCUT2D eigenvalue weighted by Crippen LogP contribution is -2.44. The average Bonchev–Trinajstić information content (AvgIpc) is 2.53. The normalized spacial score (nSPS) is 13.8. The molecular weight excluding hydrogens is 262 g/mol. The minimum absolute atomic E-state index is 0.0197. The average molecular weight is 285 g/mol. The summed E-state index contributed by atoms with van der Waals surface area (Å²) in [6.07, 6.45) is 0. The van der Waals surface area contributed by atoms with Crippen molar-refractivity contribution in [2.75, 3.05) is 19.0 Å². The summed E-state index contributed by atoms with van der Waals surface area (Å²) in [6, 6.07) is 17.8. The Morgan fingerprint density at radius 1 is 1.10 bits per heavy atom. The van der Waals surface area contributed by atoms with E-state index in [0.29, 0.717) is 0 Å². The third-order valence-corrected chi connectivity index (χ3v) is 3.96. The summed E-state index contributed by atoms with van der Waals surface area (Å²) in [5, 5.41) is 13.6. The second-order valence-electron chi connectivity index (χ2n) is 5.51. The fraction of sp³-hybridized carbons (Fsp3) is 0.333. The summed E-state index contributed by atoms with van der Waals surface area (Å²) in [6.45, 7) is 4.23. The molecule has 2 N–H and O–H groups in total. The third kappa shape index (κ3) is 3.19. The maximum absolute atomic E-state index is 10.1. The van der Waals surface area contributed by atoms with Crippen molar-refractivity contribution in [3.8, 4) is 5.75 Å². The molecule has 0 radical (unpaired) electrons. The van der Waals surface area contributed by atoms with Gasteiger partial charge in [0.15, 0.2) is 0 Å². The first kappa shape index (κ1) is 15.4. The molecule has 2 rings (SSSR count). The van der Waals surface area contributed by atoms with Crippen LogP contribution in [0.2, 0.25) is 0 Å². The number of anilines is 1. The van der Waals surface area contributed by atoms with E-state index < -0.39 is 5.54 Å². The van der Waals surface area contributed by atoms with E-state index in [0.717, 1.165) is 17.0 Å². The topological polar surface area (TPSA) is 41.5 Å². The van der Waals surface area contributed by atoms with Crippen LogP contribution in [-0.2, 0) is 5.54 Å². The van der Waals surface area contributed by atoms with Gasteiger partial charge >= 0.3 is 0 Å². The first-order valence-electron chi connectivity index (χ1n) is 7.21. The summed E-state index contributed by atoms with van der Waals surface area (Å²) in [5.41, 5.74) is 1.49. The fourth-order valence-corrected chi connectivity index (χ4v) is 2.56. The first-order valence-corrected chi connectivity index (χ1v) is 7.21. The molecule has 0 saturated carbocycles. The molecule has 0 spiro atoms. The highest BCUT2D eigenvalue weighted by Gasteiger charge is 2.35. The number of hydrogen-bond donors (Lipinski definition) is 2. The molecule has 3 heteroatoms. The van der Waals surface area contributed by atoms with Gasteiger partial charge in [0.1, 0.15) is 5.75 Å². The molecule has 0 aromatic heterocycles. The minimum atomic E-state index is -0.520. The van der Waals surface area contributed by atoms with Crippen LogP contribution in [0.1, 0.15) is 19.4 Å². The smallest absolute Gasteiger partial charge is 0.120 e. The van der Waals surface area contributed by atoms with E-state index in [9.17, 15) is 5.11 Å². The van der Waals surface area contributed by atoms with Gasteiger partial charge in [-0.25, -0.2) is 0 Å². The molecule has 0 saturated heterocycles. The molecule has 0 heterocycles. The van der Waals surface area contributed by atoms with Crippen molar-refractivity contribution in [3.05, 3.63) is 60.2 Å². The fourth-order valence-electron chi connectivity index (χ4n) is 2.56. The predicted molar refractivity (Wildman–Crippen MR) is 86.7 cm³/mol. The Morgan fingerprint density at radius 3 is 2.38 bits per heavy atom. The molecule has 0 bridgehead atoms. The molecule has 21 heavy (non-hydrogen) atoms. The van der Waals surface area contributed by atoms with Gasteiger partial charge in [-0.3, -0.25) is 0 Å². The largest absolute Gasteiger partial charge is 0.497 e. The first-order chi connectivity index (χ1) is 10.1. The van der Waals surface area contributed by atoms with Gasteiger partial charge in [-0.05, 0) is 23.6 Å². The van der Waals surface area contributed by atoms with Crippen molar-refractivity contribution in [1.29, 1.82) is 0 Å². The summed E-state index contributed by atoms with van der Waals surface area (Å²) < 4.78 is 5.27. The zero-order valence-corrected chi connectivity index (χ0v) is 12.8. The Labute approximate surface area is 126 Å². The molecule has 112 valence electrons. The molecular formula is C18H23NO2. The van der Waals surface area contributed by atoms with Crippen LogP contribution in [0.3, 0.4) is 0 Å². The number of methoxy groups -OCH3 is 1. The predicted octanol–water partition coefficient (Wildman–Crippen LogP) is 3.65. The van der Waals surface area contributed by atoms with E-state index in [1.807, 2.05) is 54.6 Å². The maximum atomic E-state index is 10.1. The zero-order chi connectivity index (χ0) is 15.3. The van der Waals surface area contributed by atoms with Crippen LogP contribution in [0.25, 0.3) is 0 Å². The summed E-state index contributed by atoms with van der Waals surface area (Å²) >= 11 is 0. The van der Waals surface area contributed by atoms with Gasteiger partial charge in [-0.2, -0.15) is 0 Å². The number of ether oxygens (including phenoxy) is 1. The van der Waals surface area contributed by atoms with Crippen LogP contribution >= 0.6 is 0 Å². The Kier molecular flexibility index (Phi) is 4.86. The van der Waals surface area contributed by atoms with Crippen molar-refractivity contribution in [1.82, 2.24) is 0 Å². The van der Waals surface area contributed by atoms with E-state index in [-0.39, 0.29) is 12.5 Å². The second kappa shape index (κ2) is 6.64. The summed E-state index contributed by atoms with van der Waals surface area (Å²) in [7, 11) is 1.65. The molecule has 2 aromatic rings. The lowest BCUT2D eigenvalue weighted by Gasteiger charge is -2.38. The summed E-state index contributed by atoms with van der Waals surface area (Å²) in [4.78, 5) is 0. The van der Waals surface area contributed by atoms with E-state index in [1.54, 1.807) is 7.11 Å². The van der Waals surface area contributed by atoms with E-state index >= 15 is 0 Å². The number of benzene rings is 2. The Hall–Kier alpha value is -2.00. The Morgan fingerprint density at radius 2 is 1.81 bits per heavy atom. The van der Waals surface area contributed by atoms with Crippen LogP contribution in [0, 0.1) is 5.92 Å². The van der Waals surface area contributed by atoms with Crippen LogP contribution in [0.15, 0.2) is 54.6 Å². The van der Waals surface area contributed by atoms with E-state index in [4.69, 9.17) is 4.74 Å². The number of aliphatic hydroxyl groups excluding tert-OH is 1. The number of nitrogens with one attached hydrogen (secondary N) is 1. The standard InChI is InChI=1S/C18H23NO2/c1-14(2)18(13-20,15-8-5-4-6-9-15)19-16-10-7-11-17(12-16)21-3/h4-12,14,19-20H,13H2,1-3H3. The van der Waals surface area contributed by atoms with Crippen molar-refractivity contribution in [3.63, 3.8) is 0 Å². The number of aliphatic hydroxyl groups is 1. The molecule has 0 fully saturated rings. The van der Waals surface area contributed by atoms with Gasteiger partial charge in [0, 0.05) is 11.8 Å². The van der Waals surface area contributed by atoms with Gasteiger partial charge in [0.05, 0.1) is 19.3 Å². The molecule has 1 atom stereocenters. The van der Waals surface area contributed by atoms with Crippen LogP contribution < -0.4 is 10.1 Å². The lowest BCUT2D eigenvalue weighted by molar-refractivity contribution is 0.172. The highest BCUT2D eigenvalue weighted by Crippen LogP contribution is 2.34. The monoisotopic (exact) mass is 285 g/mol. The Balaban J connectivity index is 2.41. The molecule has 0 amide bonds. The maximum Gasteiger partial charge on any atom is 0.120 e. The van der Waals surface area contributed by atoms with Gasteiger partial charge in [0.2, 0.25) is 0 Å². The van der Waals surface area contributed by atoms with Gasteiger partial charge in [-0.15, -0.1) is 0 Å². The number of rotatable bonds is 6. The molecule has 1 unspecified atom stereocenters. The Bertz CT molecular complexity index is 568. The van der Waals surface area contributed by atoms with Gasteiger partial charge in [-0.1, -0.05) is 50.2 Å². The van der Waals surface area contributed by atoms with Gasteiger partial charge < -0.3 is 15.2 Å². The van der Waals surface area contributed by atoms with Gasteiger partial charge in [0.25, 0.3) is 0 Å². The van der Waals surface area contributed by atoms with E-state index in [1.165, 1.54) is 0 Å². The van der Waals surface area contributed by atoms with Crippen molar-refractivity contribution in [2.24, 2.45) is 5.92 Å². The minimum Gasteiger partial charge on any atom is -0.497 e. The van der Waals surface area contributed by atoms with Crippen molar-refractivity contribution in [2.45, 2.75) is 19.4 Å². The zero-order valence-electron chi connectivity index (χ0n) is 12.8. The molecule has 0 aliphatic rings. The van der Waals surface area contributed by atoms with E-state index in [2.05, 4.69) is 19.2 Å². The molecule has 3 nitrogen and oxygen atoms in total. The third-order valence-electron chi connectivity index (χ3n) is 3.96. The quantitative estimate of drug-likeness (QED) is 0.851. The lowest BCUT2D eigenvalue weighted by atomic mass is 9.80. The van der Waals surface area contributed by atoms with Crippen molar-refractivity contribution < 1.29 is 9.84 Å². The SMILES string of the molecule is COc1cccc(NC(CO)(c2ccccc2)C(C)C)c1. The highest BCUT2D eigenvalue weighted by molar-refractivity contribution is 5.52. The van der Waals surface area contributed by atoms with Crippen LogP contribution in [0.4, 0.5) is 5.69 Å². The molecule has 0 aliphatic carbocycles. The molecule has 2 aromatic carbocycles. The highest BCUT2D eigenvalue weighted by atomic mass is 16.5. The second-order valence-corrected chi connectivity index (χ2v) is 5.51. The van der Waals surface area contributed by atoms with Crippen LogP contribution in [0.5, 0.6) is 5.75 Å². The summed E-state index contributed by atoms with van der Waals surface area (Å²) in [5.74, 6) is 1.01. The van der Waals surface area contributed by atoms with Crippen molar-refractivity contribution >= 4 is 5.69 Å². The van der Waals surface area contributed by atoms with Crippen LogP contribution in [-0.4, -0.2) is 18.8 Å². The molecule has 0 aliphatic heterocycles. The number of hydrogen-bond acceptors (Lipinski definition) is 3.